The number of rotatable bonds is 5. The lowest BCUT2D eigenvalue weighted by atomic mass is 9.77. The molecule has 24 heavy (non-hydrogen) atoms. The SMILES string of the molecule is CN(C)C(c1ccccn1)C1CCC(CNC(=O)C(C)(C)C)CC1. The summed E-state index contributed by atoms with van der Waals surface area (Å²) >= 11 is 0. The van der Waals surface area contributed by atoms with Gasteiger partial charge in [-0.3, -0.25) is 9.78 Å². The molecule has 4 nitrogen and oxygen atoms in total. The number of nitrogens with one attached hydrogen (secondary N) is 1. The van der Waals surface area contributed by atoms with Gasteiger partial charge in [0.25, 0.3) is 0 Å². The fourth-order valence-electron chi connectivity index (χ4n) is 3.69. The van der Waals surface area contributed by atoms with Gasteiger partial charge >= 0.3 is 0 Å². The van der Waals surface area contributed by atoms with Crippen LogP contribution in [0.25, 0.3) is 0 Å². The van der Waals surface area contributed by atoms with Crippen LogP contribution >= 0.6 is 0 Å². The molecule has 1 fully saturated rings. The molecule has 1 heterocycles. The lowest BCUT2D eigenvalue weighted by Gasteiger charge is -2.37. The number of hydrogen-bond acceptors (Lipinski definition) is 3. The van der Waals surface area contributed by atoms with Crippen molar-refractivity contribution in [1.29, 1.82) is 0 Å². The van der Waals surface area contributed by atoms with Crippen molar-refractivity contribution >= 4 is 5.91 Å². The fraction of sp³-hybridized carbons (Fsp3) is 0.700. The van der Waals surface area contributed by atoms with Crippen LogP contribution in [0.3, 0.4) is 0 Å². The average Bonchev–Trinajstić information content (AvgIpc) is 2.54. The van der Waals surface area contributed by atoms with Gasteiger partial charge < -0.3 is 10.2 Å². The molecule has 0 radical (unpaired) electrons. The van der Waals surface area contributed by atoms with E-state index in [4.69, 9.17) is 0 Å². The zero-order valence-electron chi connectivity index (χ0n) is 15.9. The van der Waals surface area contributed by atoms with Crippen LogP contribution in [-0.2, 0) is 4.79 Å². The molecule has 1 aliphatic carbocycles. The molecule has 0 aliphatic heterocycles. The number of carbonyl (C=O) groups excluding carboxylic acids is 1. The minimum atomic E-state index is -0.299. The Morgan fingerprint density at radius 2 is 1.92 bits per heavy atom. The highest BCUT2D eigenvalue weighted by molar-refractivity contribution is 5.81. The van der Waals surface area contributed by atoms with Gasteiger partial charge in [-0.15, -0.1) is 0 Å². The minimum Gasteiger partial charge on any atom is -0.355 e. The third kappa shape index (κ3) is 5.04. The van der Waals surface area contributed by atoms with E-state index in [2.05, 4.69) is 41.4 Å². The second-order valence-corrected chi connectivity index (χ2v) is 8.40. The molecule has 0 bridgehead atoms. The third-order valence-electron chi connectivity index (χ3n) is 5.12. The minimum absolute atomic E-state index is 0.157. The molecule has 1 unspecified atom stereocenters. The van der Waals surface area contributed by atoms with Gasteiger partial charge in [0.15, 0.2) is 0 Å². The Hall–Kier alpha value is -1.42. The summed E-state index contributed by atoms with van der Waals surface area (Å²) in [6, 6.07) is 6.58. The van der Waals surface area contributed by atoms with E-state index in [9.17, 15) is 4.79 Å². The molecule has 1 aromatic heterocycles. The van der Waals surface area contributed by atoms with E-state index in [1.165, 1.54) is 31.4 Å². The zero-order valence-corrected chi connectivity index (χ0v) is 15.9. The number of aromatic nitrogens is 1. The Kier molecular flexibility index (Phi) is 6.39. The highest BCUT2D eigenvalue weighted by atomic mass is 16.2. The highest BCUT2D eigenvalue weighted by Crippen LogP contribution is 2.38. The van der Waals surface area contributed by atoms with E-state index in [0.29, 0.717) is 17.9 Å². The Morgan fingerprint density at radius 3 is 2.42 bits per heavy atom. The van der Waals surface area contributed by atoms with Crippen molar-refractivity contribution in [2.24, 2.45) is 17.3 Å². The molecule has 2 rings (SSSR count). The summed E-state index contributed by atoms with van der Waals surface area (Å²) in [6.45, 7) is 6.72. The van der Waals surface area contributed by atoms with Crippen LogP contribution in [0.2, 0.25) is 0 Å². The summed E-state index contributed by atoms with van der Waals surface area (Å²) in [5.41, 5.74) is 0.874. The summed E-state index contributed by atoms with van der Waals surface area (Å²) in [4.78, 5) is 18.9. The molecule has 0 aromatic carbocycles. The van der Waals surface area contributed by atoms with Crippen molar-refractivity contribution in [1.82, 2.24) is 15.2 Å². The van der Waals surface area contributed by atoms with Gasteiger partial charge in [-0.2, -0.15) is 0 Å². The molecule has 1 saturated carbocycles. The Morgan fingerprint density at radius 1 is 1.25 bits per heavy atom. The third-order valence-corrected chi connectivity index (χ3v) is 5.12. The first-order chi connectivity index (χ1) is 11.3. The maximum Gasteiger partial charge on any atom is 0.225 e. The van der Waals surface area contributed by atoms with E-state index in [1.807, 2.05) is 33.0 Å². The summed E-state index contributed by atoms with van der Waals surface area (Å²) < 4.78 is 0. The molecular weight excluding hydrogens is 298 g/mol. The van der Waals surface area contributed by atoms with Crippen molar-refractivity contribution < 1.29 is 4.79 Å². The van der Waals surface area contributed by atoms with E-state index in [-0.39, 0.29) is 11.3 Å². The normalized spacial score (nSPS) is 23.1. The van der Waals surface area contributed by atoms with E-state index < -0.39 is 0 Å². The van der Waals surface area contributed by atoms with Gasteiger partial charge in [-0.25, -0.2) is 0 Å². The lowest BCUT2D eigenvalue weighted by Crippen LogP contribution is -2.39. The first kappa shape index (κ1) is 18.9. The van der Waals surface area contributed by atoms with Crippen LogP contribution in [0.15, 0.2) is 24.4 Å². The highest BCUT2D eigenvalue weighted by Gasteiger charge is 2.31. The van der Waals surface area contributed by atoms with Crippen LogP contribution in [0.1, 0.15) is 58.2 Å². The molecule has 1 amide bonds. The first-order valence-corrected chi connectivity index (χ1v) is 9.14. The average molecular weight is 332 g/mol. The summed E-state index contributed by atoms with van der Waals surface area (Å²) in [6.07, 6.45) is 6.67. The van der Waals surface area contributed by atoms with Gasteiger partial charge in [0.2, 0.25) is 5.91 Å². The van der Waals surface area contributed by atoms with Crippen molar-refractivity contribution in [3.05, 3.63) is 30.1 Å². The monoisotopic (exact) mass is 331 g/mol. The Balaban J connectivity index is 1.88. The van der Waals surface area contributed by atoms with Crippen molar-refractivity contribution in [2.45, 2.75) is 52.5 Å². The summed E-state index contributed by atoms with van der Waals surface area (Å²) in [5, 5.41) is 3.13. The number of hydrogen-bond donors (Lipinski definition) is 1. The van der Waals surface area contributed by atoms with Gasteiger partial charge in [0, 0.05) is 18.2 Å². The van der Waals surface area contributed by atoms with Crippen LogP contribution in [-0.4, -0.2) is 36.4 Å². The standard InChI is InChI=1S/C20H33N3O/c1-20(2,3)19(24)22-14-15-9-11-16(12-10-15)18(23(4)5)17-8-6-7-13-21-17/h6-8,13,15-16,18H,9-12,14H2,1-5H3,(H,22,24). The molecule has 1 atom stereocenters. The quantitative estimate of drug-likeness (QED) is 0.896. The van der Waals surface area contributed by atoms with E-state index in [1.54, 1.807) is 0 Å². The Labute approximate surface area is 147 Å². The van der Waals surface area contributed by atoms with Crippen LogP contribution in [0.5, 0.6) is 0 Å². The first-order valence-electron chi connectivity index (χ1n) is 9.14. The Bertz CT molecular complexity index is 513. The van der Waals surface area contributed by atoms with Crippen molar-refractivity contribution in [2.75, 3.05) is 20.6 Å². The van der Waals surface area contributed by atoms with Gasteiger partial charge in [-0.05, 0) is 63.7 Å². The van der Waals surface area contributed by atoms with Gasteiger partial charge in [0.1, 0.15) is 0 Å². The molecule has 1 N–H and O–H groups in total. The maximum atomic E-state index is 12.0. The second-order valence-electron chi connectivity index (χ2n) is 8.40. The van der Waals surface area contributed by atoms with Crippen molar-refractivity contribution in [3.8, 4) is 0 Å². The van der Waals surface area contributed by atoms with Gasteiger partial charge in [-0.1, -0.05) is 26.8 Å². The fourth-order valence-corrected chi connectivity index (χ4v) is 3.69. The van der Waals surface area contributed by atoms with Crippen LogP contribution < -0.4 is 5.32 Å². The molecule has 134 valence electrons. The number of amides is 1. The smallest absolute Gasteiger partial charge is 0.225 e. The molecule has 0 spiro atoms. The molecular formula is C20H33N3O. The molecule has 4 heteroatoms. The lowest BCUT2D eigenvalue weighted by molar-refractivity contribution is -0.128. The van der Waals surface area contributed by atoms with Crippen LogP contribution in [0.4, 0.5) is 0 Å². The number of pyridine rings is 1. The predicted molar refractivity (Wildman–Crippen MR) is 98.6 cm³/mol. The van der Waals surface area contributed by atoms with Crippen molar-refractivity contribution in [3.63, 3.8) is 0 Å². The number of nitrogens with zero attached hydrogens (tertiary/aromatic N) is 2. The maximum absolute atomic E-state index is 12.0. The second kappa shape index (κ2) is 8.11. The van der Waals surface area contributed by atoms with Crippen LogP contribution in [0, 0.1) is 17.3 Å². The predicted octanol–water partition coefficient (Wildman–Crippen LogP) is 3.65. The summed E-state index contributed by atoms with van der Waals surface area (Å²) in [7, 11) is 4.30. The number of carbonyl (C=O) groups is 1. The molecule has 0 saturated heterocycles. The summed E-state index contributed by atoms with van der Waals surface area (Å²) in [5.74, 6) is 1.41. The van der Waals surface area contributed by atoms with E-state index in [0.717, 1.165) is 6.54 Å². The van der Waals surface area contributed by atoms with Gasteiger partial charge in [0.05, 0.1) is 11.7 Å². The topological polar surface area (TPSA) is 45.2 Å². The largest absolute Gasteiger partial charge is 0.355 e. The zero-order chi connectivity index (χ0) is 17.7. The molecule has 1 aliphatic rings. The van der Waals surface area contributed by atoms with E-state index >= 15 is 0 Å². The molecule has 1 aromatic rings.